The van der Waals surface area contributed by atoms with Crippen molar-refractivity contribution in [2.75, 3.05) is 26.8 Å². The first-order valence-corrected chi connectivity index (χ1v) is 7.19. The van der Waals surface area contributed by atoms with Gasteiger partial charge in [-0.25, -0.2) is 0 Å². The Morgan fingerprint density at radius 3 is 2.94 bits per heavy atom. The lowest BCUT2D eigenvalue weighted by Crippen LogP contribution is -2.22. The minimum atomic E-state index is 0.388. The van der Waals surface area contributed by atoms with Crippen molar-refractivity contribution < 1.29 is 9.47 Å². The second kappa shape index (κ2) is 6.55. The molecule has 0 aromatic heterocycles. The van der Waals surface area contributed by atoms with Gasteiger partial charge >= 0.3 is 0 Å². The lowest BCUT2D eigenvalue weighted by atomic mass is 10.2. The monoisotopic (exact) mass is 313 g/mol. The number of hydrogen-bond donors (Lipinski definition) is 0. The highest BCUT2D eigenvalue weighted by Gasteiger charge is 2.22. The molecule has 1 aliphatic rings. The Balaban J connectivity index is 2.03. The number of rotatable bonds is 5. The summed E-state index contributed by atoms with van der Waals surface area (Å²) < 4.78 is 12.1. The summed E-state index contributed by atoms with van der Waals surface area (Å²) in [5.74, 6) is 0.928. The van der Waals surface area contributed by atoms with Gasteiger partial charge in [0, 0.05) is 26.7 Å². The molecular formula is C14H20BrNO2. The molecule has 3 nitrogen and oxygen atoms in total. The maximum atomic E-state index is 5.59. The first-order chi connectivity index (χ1) is 8.74. The average Bonchev–Trinajstić information content (AvgIpc) is 2.82. The van der Waals surface area contributed by atoms with Crippen LogP contribution in [0.4, 0.5) is 0 Å². The normalized spacial score (nSPS) is 20.3. The SMILES string of the molecule is CCOc1cccc(CN2CCC(OC)C2)c1Br. The third-order valence-corrected chi connectivity index (χ3v) is 4.20. The molecule has 2 rings (SSSR count). The Morgan fingerprint density at radius 1 is 1.44 bits per heavy atom. The molecule has 4 heteroatoms. The van der Waals surface area contributed by atoms with Gasteiger partial charge in [-0.2, -0.15) is 0 Å². The van der Waals surface area contributed by atoms with Gasteiger partial charge in [-0.15, -0.1) is 0 Å². The van der Waals surface area contributed by atoms with Crippen LogP contribution < -0.4 is 4.74 Å². The van der Waals surface area contributed by atoms with Crippen molar-refractivity contribution in [3.05, 3.63) is 28.2 Å². The molecule has 1 aliphatic heterocycles. The molecule has 0 N–H and O–H groups in total. The van der Waals surface area contributed by atoms with E-state index in [0.29, 0.717) is 12.7 Å². The first-order valence-electron chi connectivity index (χ1n) is 6.40. The highest BCUT2D eigenvalue weighted by Crippen LogP contribution is 2.30. The van der Waals surface area contributed by atoms with E-state index in [1.54, 1.807) is 7.11 Å². The maximum Gasteiger partial charge on any atom is 0.133 e. The maximum absolute atomic E-state index is 5.59. The molecule has 0 bridgehead atoms. The standard InChI is InChI=1S/C14H20BrNO2/c1-3-18-13-6-4-5-11(14(13)15)9-16-8-7-12(10-16)17-2/h4-6,12H,3,7-10H2,1-2H3. The fraction of sp³-hybridized carbons (Fsp3) is 0.571. The van der Waals surface area contributed by atoms with E-state index in [9.17, 15) is 0 Å². The van der Waals surface area contributed by atoms with Gasteiger partial charge in [0.1, 0.15) is 5.75 Å². The van der Waals surface area contributed by atoms with E-state index in [1.165, 1.54) is 5.56 Å². The van der Waals surface area contributed by atoms with E-state index < -0.39 is 0 Å². The molecule has 0 amide bonds. The van der Waals surface area contributed by atoms with Crippen molar-refractivity contribution in [3.63, 3.8) is 0 Å². The third kappa shape index (κ3) is 3.25. The van der Waals surface area contributed by atoms with Crippen LogP contribution in [0.1, 0.15) is 18.9 Å². The predicted octanol–water partition coefficient (Wildman–Crippen LogP) is 3.07. The zero-order valence-corrected chi connectivity index (χ0v) is 12.6. The predicted molar refractivity (Wildman–Crippen MR) is 76.0 cm³/mol. The van der Waals surface area contributed by atoms with Crippen molar-refractivity contribution in [2.45, 2.75) is 26.0 Å². The number of halogens is 1. The summed E-state index contributed by atoms with van der Waals surface area (Å²) in [6.07, 6.45) is 1.51. The van der Waals surface area contributed by atoms with Crippen LogP contribution in [0.5, 0.6) is 5.75 Å². The van der Waals surface area contributed by atoms with E-state index in [-0.39, 0.29) is 0 Å². The molecule has 1 fully saturated rings. The number of nitrogens with zero attached hydrogens (tertiary/aromatic N) is 1. The van der Waals surface area contributed by atoms with Gasteiger partial charge in [0.25, 0.3) is 0 Å². The summed E-state index contributed by atoms with van der Waals surface area (Å²) in [6.45, 7) is 5.76. The van der Waals surface area contributed by atoms with Gasteiger partial charge in [-0.1, -0.05) is 12.1 Å². The van der Waals surface area contributed by atoms with E-state index in [0.717, 1.165) is 36.3 Å². The molecule has 1 unspecified atom stereocenters. The van der Waals surface area contributed by atoms with Crippen LogP contribution in [-0.4, -0.2) is 37.8 Å². The largest absolute Gasteiger partial charge is 0.493 e. The minimum absolute atomic E-state index is 0.388. The van der Waals surface area contributed by atoms with Crippen LogP contribution in [0.2, 0.25) is 0 Å². The minimum Gasteiger partial charge on any atom is -0.493 e. The van der Waals surface area contributed by atoms with Crippen LogP contribution in [0, 0.1) is 0 Å². The van der Waals surface area contributed by atoms with E-state index in [1.807, 2.05) is 13.0 Å². The summed E-state index contributed by atoms with van der Waals surface area (Å²) in [5.41, 5.74) is 1.28. The molecule has 1 saturated heterocycles. The molecule has 100 valence electrons. The smallest absolute Gasteiger partial charge is 0.133 e. The molecule has 1 aromatic carbocycles. The van der Waals surface area contributed by atoms with Gasteiger partial charge in [-0.3, -0.25) is 4.90 Å². The average molecular weight is 314 g/mol. The quantitative estimate of drug-likeness (QED) is 0.834. The second-order valence-electron chi connectivity index (χ2n) is 4.54. The molecule has 0 spiro atoms. The zero-order chi connectivity index (χ0) is 13.0. The molecule has 0 radical (unpaired) electrons. The first kappa shape index (κ1) is 13.8. The van der Waals surface area contributed by atoms with Gasteiger partial charge in [0.2, 0.25) is 0 Å². The number of ether oxygens (including phenoxy) is 2. The number of methoxy groups -OCH3 is 1. The molecular weight excluding hydrogens is 294 g/mol. The van der Waals surface area contributed by atoms with Crippen LogP contribution in [0.15, 0.2) is 22.7 Å². The summed E-state index contributed by atoms with van der Waals surface area (Å²) in [6, 6.07) is 6.20. The Bertz CT molecular complexity index is 397. The number of benzene rings is 1. The second-order valence-corrected chi connectivity index (χ2v) is 5.34. The van der Waals surface area contributed by atoms with Crippen molar-refractivity contribution in [1.82, 2.24) is 4.90 Å². The molecule has 1 aromatic rings. The highest BCUT2D eigenvalue weighted by atomic mass is 79.9. The van der Waals surface area contributed by atoms with Crippen LogP contribution in [-0.2, 0) is 11.3 Å². The van der Waals surface area contributed by atoms with Gasteiger partial charge < -0.3 is 9.47 Å². The lowest BCUT2D eigenvalue weighted by Gasteiger charge is -2.17. The molecule has 0 saturated carbocycles. The number of likely N-dealkylation sites (tertiary alicyclic amines) is 1. The van der Waals surface area contributed by atoms with E-state index in [4.69, 9.17) is 9.47 Å². The fourth-order valence-electron chi connectivity index (χ4n) is 2.32. The van der Waals surface area contributed by atoms with Gasteiger partial charge in [0.15, 0.2) is 0 Å². The highest BCUT2D eigenvalue weighted by molar-refractivity contribution is 9.10. The zero-order valence-electron chi connectivity index (χ0n) is 11.0. The van der Waals surface area contributed by atoms with Crippen LogP contribution in [0.3, 0.4) is 0 Å². The summed E-state index contributed by atoms with van der Waals surface area (Å²) in [5, 5.41) is 0. The Kier molecular flexibility index (Phi) is 5.03. The van der Waals surface area contributed by atoms with E-state index in [2.05, 4.69) is 33.0 Å². The van der Waals surface area contributed by atoms with Crippen molar-refractivity contribution in [2.24, 2.45) is 0 Å². The molecule has 1 heterocycles. The topological polar surface area (TPSA) is 21.7 Å². The Hall–Kier alpha value is -0.580. The van der Waals surface area contributed by atoms with Gasteiger partial charge in [-0.05, 0) is 40.9 Å². The molecule has 1 atom stereocenters. The third-order valence-electron chi connectivity index (χ3n) is 3.30. The van der Waals surface area contributed by atoms with Crippen molar-refractivity contribution >= 4 is 15.9 Å². The molecule has 18 heavy (non-hydrogen) atoms. The summed E-state index contributed by atoms with van der Waals surface area (Å²) in [4.78, 5) is 2.42. The lowest BCUT2D eigenvalue weighted by molar-refractivity contribution is 0.107. The van der Waals surface area contributed by atoms with Crippen molar-refractivity contribution in [1.29, 1.82) is 0 Å². The fourth-order valence-corrected chi connectivity index (χ4v) is 2.82. The van der Waals surface area contributed by atoms with E-state index >= 15 is 0 Å². The van der Waals surface area contributed by atoms with Crippen molar-refractivity contribution in [3.8, 4) is 5.75 Å². The Labute approximate surface area is 117 Å². The van der Waals surface area contributed by atoms with Crippen LogP contribution in [0.25, 0.3) is 0 Å². The van der Waals surface area contributed by atoms with Crippen LogP contribution >= 0.6 is 15.9 Å². The van der Waals surface area contributed by atoms with Gasteiger partial charge in [0.05, 0.1) is 17.2 Å². The summed E-state index contributed by atoms with van der Waals surface area (Å²) >= 11 is 3.64. The number of hydrogen-bond acceptors (Lipinski definition) is 3. The molecule has 0 aliphatic carbocycles. The Morgan fingerprint density at radius 2 is 2.28 bits per heavy atom. The summed E-state index contributed by atoms with van der Waals surface area (Å²) in [7, 11) is 1.79.